The Morgan fingerprint density at radius 1 is 0.435 bits per heavy atom. The van der Waals surface area contributed by atoms with Crippen LogP contribution in [0.3, 0.4) is 0 Å². The molecule has 0 saturated carbocycles. The smallest absolute Gasteiger partial charge is 0.235 e. The highest BCUT2D eigenvalue weighted by atomic mass is 15.3. The van der Waals surface area contributed by atoms with Gasteiger partial charge in [-0.1, -0.05) is 115 Å². The largest absolute Gasteiger partial charge is 0.277 e. The topological polar surface area (TPSA) is 48.5 Å². The second kappa shape index (κ2) is 9.58. The highest BCUT2D eigenvalue weighted by Crippen LogP contribution is 2.44. The van der Waals surface area contributed by atoms with E-state index in [1.807, 2.05) is 41.2 Å². The molecule has 0 aliphatic carbocycles. The Hall–Kier alpha value is -6.33. The van der Waals surface area contributed by atoms with Crippen LogP contribution in [-0.2, 0) is 0 Å². The fraction of sp³-hybridized carbons (Fsp3) is 0. The van der Waals surface area contributed by atoms with Gasteiger partial charge in [-0.3, -0.25) is 4.57 Å². The molecule has 0 fully saturated rings. The van der Waals surface area contributed by atoms with Crippen LogP contribution in [0, 0.1) is 0 Å². The zero-order chi connectivity index (χ0) is 30.2. The Morgan fingerprint density at radius 2 is 1.04 bits per heavy atom. The van der Waals surface area contributed by atoms with Crippen LogP contribution < -0.4 is 0 Å². The Balaban J connectivity index is 1.43. The number of fused-ring (bicyclic) bond motifs is 11. The van der Waals surface area contributed by atoms with E-state index in [1.165, 1.54) is 21.5 Å². The van der Waals surface area contributed by atoms with Crippen molar-refractivity contribution >= 4 is 65.2 Å². The van der Waals surface area contributed by atoms with Gasteiger partial charge in [-0.05, 0) is 46.5 Å². The van der Waals surface area contributed by atoms with E-state index in [0.717, 1.165) is 60.6 Å². The lowest BCUT2D eigenvalue weighted by Crippen LogP contribution is -2.04. The predicted molar refractivity (Wildman–Crippen MR) is 189 cm³/mol. The second-order valence-corrected chi connectivity index (χ2v) is 11.7. The van der Waals surface area contributed by atoms with Crippen LogP contribution in [0.4, 0.5) is 0 Å². The summed E-state index contributed by atoms with van der Waals surface area (Å²) in [5, 5.41) is 14.2. The summed E-state index contributed by atoms with van der Waals surface area (Å²) in [4.78, 5) is 10.6. The van der Waals surface area contributed by atoms with Gasteiger partial charge in [0.1, 0.15) is 0 Å². The summed E-state index contributed by atoms with van der Waals surface area (Å²) in [7, 11) is 0. The second-order valence-electron chi connectivity index (χ2n) is 11.7. The number of hydrogen-bond donors (Lipinski definition) is 0. The maximum absolute atomic E-state index is 5.36. The van der Waals surface area contributed by atoms with Crippen LogP contribution in [0.5, 0.6) is 0 Å². The van der Waals surface area contributed by atoms with Gasteiger partial charge >= 0.3 is 0 Å². The van der Waals surface area contributed by atoms with Gasteiger partial charge in [-0.25, -0.2) is 14.6 Å². The third kappa shape index (κ3) is 3.48. The van der Waals surface area contributed by atoms with Crippen molar-refractivity contribution in [1.29, 1.82) is 0 Å². The first kappa shape index (κ1) is 25.0. The van der Waals surface area contributed by atoms with E-state index in [0.29, 0.717) is 5.95 Å². The molecule has 0 atom stereocenters. The molecule has 46 heavy (non-hydrogen) atoms. The minimum absolute atomic E-state index is 0.646. The molecule has 0 aliphatic heterocycles. The van der Waals surface area contributed by atoms with Gasteiger partial charge in [0.05, 0.1) is 39.6 Å². The average Bonchev–Trinajstić information content (AvgIpc) is 3.72. The van der Waals surface area contributed by atoms with Crippen molar-refractivity contribution in [3.63, 3.8) is 0 Å². The van der Waals surface area contributed by atoms with E-state index in [9.17, 15) is 0 Å². The van der Waals surface area contributed by atoms with Gasteiger partial charge < -0.3 is 0 Å². The monoisotopic (exact) mass is 587 g/mol. The maximum atomic E-state index is 5.36. The van der Waals surface area contributed by atoms with Gasteiger partial charge in [-0.2, -0.15) is 5.10 Å². The SMILES string of the molecule is c1ccc(-c2nc(-n3c4ccc5c(cnn5-c5ccccc5)c4c4c5ccccc5c5ccccc5c43)nc3ccccc23)cc1. The van der Waals surface area contributed by atoms with Gasteiger partial charge in [0.25, 0.3) is 0 Å². The fourth-order valence-corrected chi connectivity index (χ4v) is 7.23. The summed E-state index contributed by atoms with van der Waals surface area (Å²) in [6.07, 6.45) is 2.01. The normalized spacial score (nSPS) is 11.9. The van der Waals surface area contributed by atoms with Crippen LogP contribution in [0.2, 0.25) is 0 Å². The van der Waals surface area contributed by atoms with E-state index in [-0.39, 0.29) is 0 Å². The molecule has 5 nitrogen and oxygen atoms in total. The minimum atomic E-state index is 0.646. The summed E-state index contributed by atoms with van der Waals surface area (Å²) in [6, 6.07) is 50.8. The summed E-state index contributed by atoms with van der Waals surface area (Å²) in [6.45, 7) is 0. The van der Waals surface area contributed by atoms with Crippen LogP contribution in [0.25, 0.3) is 88.0 Å². The molecule has 3 heterocycles. The maximum Gasteiger partial charge on any atom is 0.235 e. The van der Waals surface area contributed by atoms with Gasteiger partial charge in [-0.15, -0.1) is 0 Å². The van der Waals surface area contributed by atoms with Crippen molar-refractivity contribution in [3.8, 4) is 22.9 Å². The number of rotatable bonds is 3. The number of para-hydroxylation sites is 2. The van der Waals surface area contributed by atoms with Gasteiger partial charge in [0.15, 0.2) is 0 Å². The van der Waals surface area contributed by atoms with Crippen LogP contribution in [-0.4, -0.2) is 24.3 Å². The Labute approximate surface area is 263 Å². The van der Waals surface area contributed by atoms with Crippen molar-refractivity contribution in [2.24, 2.45) is 0 Å². The molecule has 0 saturated heterocycles. The van der Waals surface area contributed by atoms with Crippen molar-refractivity contribution in [2.45, 2.75) is 0 Å². The third-order valence-electron chi connectivity index (χ3n) is 9.19. The van der Waals surface area contributed by atoms with Crippen LogP contribution in [0.1, 0.15) is 0 Å². The molecule has 10 aromatic rings. The zero-order valence-electron chi connectivity index (χ0n) is 24.7. The number of nitrogens with zero attached hydrogens (tertiary/aromatic N) is 5. The lowest BCUT2D eigenvalue weighted by atomic mass is 9.96. The standard InChI is InChI=1S/C41H25N5/c1-3-13-26(14-4-1)39-32-21-11-12-22-34(32)43-41(44-39)45-36-24-23-35-33(25-42-46(35)27-15-5-2-6-16-27)37(36)38-30-19-9-7-17-28(30)29-18-8-10-20-31(29)40(38)45/h1-25H. The van der Waals surface area contributed by atoms with Gasteiger partial charge in [0, 0.05) is 32.5 Å². The lowest BCUT2D eigenvalue weighted by Gasteiger charge is -2.13. The summed E-state index contributed by atoms with van der Waals surface area (Å²) in [5.41, 5.74) is 7.11. The fourth-order valence-electron chi connectivity index (χ4n) is 7.23. The molecule has 214 valence electrons. The minimum Gasteiger partial charge on any atom is -0.277 e. The van der Waals surface area contributed by atoms with Crippen molar-refractivity contribution in [1.82, 2.24) is 24.3 Å². The molecule has 5 heteroatoms. The number of benzene rings is 7. The van der Waals surface area contributed by atoms with E-state index < -0.39 is 0 Å². The lowest BCUT2D eigenvalue weighted by molar-refractivity contribution is 0.911. The highest BCUT2D eigenvalue weighted by molar-refractivity contribution is 6.35. The van der Waals surface area contributed by atoms with Crippen LogP contribution >= 0.6 is 0 Å². The first-order valence-corrected chi connectivity index (χ1v) is 15.5. The quantitative estimate of drug-likeness (QED) is 0.193. The summed E-state index contributed by atoms with van der Waals surface area (Å²) >= 11 is 0. The molecule has 0 radical (unpaired) electrons. The van der Waals surface area contributed by atoms with Gasteiger partial charge in [0.2, 0.25) is 5.95 Å². The highest BCUT2D eigenvalue weighted by Gasteiger charge is 2.24. The van der Waals surface area contributed by atoms with Crippen molar-refractivity contribution < 1.29 is 0 Å². The molecular weight excluding hydrogens is 562 g/mol. The molecule has 3 aromatic heterocycles. The Bertz CT molecular complexity index is 2790. The molecule has 7 aromatic carbocycles. The Morgan fingerprint density at radius 3 is 1.83 bits per heavy atom. The molecule has 0 amide bonds. The molecule has 0 aliphatic rings. The molecule has 10 rings (SSSR count). The molecule has 0 N–H and O–H groups in total. The summed E-state index contributed by atoms with van der Waals surface area (Å²) < 4.78 is 4.30. The van der Waals surface area contributed by atoms with E-state index in [2.05, 4.69) is 120 Å². The molecular formula is C41H25N5. The van der Waals surface area contributed by atoms with Crippen molar-refractivity contribution in [2.75, 3.05) is 0 Å². The number of hydrogen-bond acceptors (Lipinski definition) is 3. The van der Waals surface area contributed by atoms with E-state index in [1.54, 1.807) is 0 Å². The number of aromatic nitrogens is 5. The third-order valence-corrected chi connectivity index (χ3v) is 9.19. The Kier molecular flexibility index (Phi) is 5.22. The first-order chi connectivity index (χ1) is 22.8. The predicted octanol–water partition coefficient (Wildman–Crippen LogP) is 10.0. The van der Waals surface area contributed by atoms with Crippen molar-refractivity contribution in [3.05, 3.63) is 152 Å². The van der Waals surface area contributed by atoms with E-state index in [4.69, 9.17) is 15.1 Å². The zero-order valence-corrected chi connectivity index (χ0v) is 24.7. The molecule has 0 unspecified atom stereocenters. The van der Waals surface area contributed by atoms with Crippen LogP contribution in [0.15, 0.2) is 152 Å². The van der Waals surface area contributed by atoms with E-state index >= 15 is 0 Å². The average molecular weight is 588 g/mol. The molecule has 0 spiro atoms. The first-order valence-electron chi connectivity index (χ1n) is 15.5. The molecule has 0 bridgehead atoms. The summed E-state index contributed by atoms with van der Waals surface area (Å²) in [5.74, 6) is 0.646.